The second kappa shape index (κ2) is 13.3. The third kappa shape index (κ3) is 6.20. The van der Waals surface area contributed by atoms with E-state index < -0.39 is 12.0 Å². The molecule has 0 saturated heterocycles. The Hall–Kier alpha value is -5.48. The Morgan fingerprint density at radius 3 is 2.50 bits per heavy atom. The zero-order chi connectivity index (χ0) is 32.2. The van der Waals surface area contributed by atoms with Gasteiger partial charge in [0.2, 0.25) is 0 Å². The molecule has 0 saturated carbocycles. The van der Waals surface area contributed by atoms with Crippen LogP contribution in [-0.2, 0) is 9.53 Å². The maximum Gasteiger partial charge on any atom is 0.338 e. The molecule has 46 heavy (non-hydrogen) atoms. The maximum atomic E-state index is 14.1. The van der Waals surface area contributed by atoms with Gasteiger partial charge in [0.05, 0.1) is 40.6 Å². The number of carbonyl (C=O) groups excluding carboxylic acids is 2. The van der Waals surface area contributed by atoms with E-state index in [2.05, 4.69) is 5.32 Å². The van der Waals surface area contributed by atoms with Gasteiger partial charge in [-0.1, -0.05) is 53.8 Å². The molecule has 6 rings (SSSR count). The highest BCUT2D eigenvalue weighted by atomic mass is 32.1. The third-order valence-corrected chi connectivity index (χ3v) is 8.35. The van der Waals surface area contributed by atoms with Crippen molar-refractivity contribution in [2.24, 2.45) is 4.99 Å². The van der Waals surface area contributed by atoms with E-state index >= 15 is 0 Å². The lowest BCUT2D eigenvalue weighted by atomic mass is 9.95. The molecular weight excluding hydrogens is 602 g/mol. The van der Waals surface area contributed by atoms with Crippen molar-refractivity contribution in [3.05, 3.63) is 139 Å². The lowest BCUT2D eigenvalue weighted by Crippen LogP contribution is -2.40. The molecule has 0 spiro atoms. The summed E-state index contributed by atoms with van der Waals surface area (Å²) in [6.45, 7) is 6.24. The van der Waals surface area contributed by atoms with Crippen LogP contribution in [0.25, 0.3) is 17.4 Å². The van der Waals surface area contributed by atoms with Crippen molar-refractivity contribution in [1.82, 2.24) is 4.57 Å². The van der Waals surface area contributed by atoms with E-state index in [1.807, 2.05) is 55.5 Å². The van der Waals surface area contributed by atoms with Crippen molar-refractivity contribution < 1.29 is 23.5 Å². The number of hydrogen-bond acceptors (Lipinski definition) is 8. The molecule has 10 heteroatoms. The summed E-state index contributed by atoms with van der Waals surface area (Å²) in [5, 5.41) is 2.96. The number of aromatic nitrogens is 1. The molecule has 3 aromatic carbocycles. The van der Waals surface area contributed by atoms with Crippen LogP contribution in [0.15, 0.2) is 116 Å². The monoisotopic (exact) mass is 633 g/mol. The van der Waals surface area contributed by atoms with Gasteiger partial charge in [-0.3, -0.25) is 14.2 Å². The fourth-order valence-electron chi connectivity index (χ4n) is 5.29. The topological polar surface area (TPSA) is 112 Å². The molecule has 0 unspecified atom stereocenters. The fourth-order valence-corrected chi connectivity index (χ4v) is 6.32. The van der Waals surface area contributed by atoms with Gasteiger partial charge in [-0.25, -0.2) is 9.79 Å². The maximum absolute atomic E-state index is 14.1. The zero-order valence-corrected chi connectivity index (χ0v) is 26.3. The second-order valence-electron chi connectivity index (χ2n) is 10.4. The molecule has 1 N–H and O–H groups in total. The van der Waals surface area contributed by atoms with E-state index in [-0.39, 0.29) is 18.1 Å². The minimum absolute atomic E-state index is 0.281. The van der Waals surface area contributed by atoms with Gasteiger partial charge in [0, 0.05) is 17.3 Å². The van der Waals surface area contributed by atoms with Gasteiger partial charge >= 0.3 is 5.97 Å². The number of allylic oxidation sites excluding steroid dienone is 1. The number of benzene rings is 3. The molecule has 1 atom stereocenters. The summed E-state index contributed by atoms with van der Waals surface area (Å²) in [5.74, 6) is 0.925. The lowest BCUT2D eigenvalue weighted by molar-refractivity contribution is -0.113. The summed E-state index contributed by atoms with van der Waals surface area (Å²) in [6.07, 6.45) is 1.67. The normalized spacial score (nSPS) is 14.4. The number of anilines is 1. The van der Waals surface area contributed by atoms with Crippen LogP contribution in [0.3, 0.4) is 0 Å². The predicted octanol–water partition coefficient (Wildman–Crippen LogP) is 5.71. The van der Waals surface area contributed by atoms with Crippen molar-refractivity contribution in [1.29, 1.82) is 0 Å². The van der Waals surface area contributed by atoms with E-state index in [0.29, 0.717) is 61.3 Å². The molecule has 0 aliphatic carbocycles. The quantitative estimate of drug-likeness (QED) is 0.208. The summed E-state index contributed by atoms with van der Waals surface area (Å²) in [4.78, 5) is 45.3. The Kier molecular flexibility index (Phi) is 8.80. The first-order valence-corrected chi connectivity index (χ1v) is 15.7. The number of esters is 1. The average molecular weight is 634 g/mol. The van der Waals surface area contributed by atoms with Gasteiger partial charge < -0.3 is 19.2 Å². The summed E-state index contributed by atoms with van der Waals surface area (Å²) in [7, 11) is 0. The number of carbonyl (C=O) groups is 2. The van der Waals surface area contributed by atoms with Crippen LogP contribution in [0.5, 0.6) is 5.75 Å². The van der Waals surface area contributed by atoms with Gasteiger partial charge in [0.25, 0.3) is 11.5 Å². The van der Waals surface area contributed by atoms with Gasteiger partial charge in [0.1, 0.15) is 17.3 Å². The van der Waals surface area contributed by atoms with Crippen molar-refractivity contribution in [3.63, 3.8) is 0 Å². The molecular formula is C36H31N3O6S. The number of thiazole rings is 1. The second-order valence-corrected chi connectivity index (χ2v) is 11.4. The number of nitrogens with zero attached hydrogens (tertiary/aromatic N) is 2. The highest BCUT2D eigenvalue weighted by Gasteiger charge is 2.32. The van der Waals surface area contributed by atoms with Gasteiger partial charge in [-0.15, -0.1) is 0 Å². The largest absolute Gasteiger partial charge is 0.494 e. The van der Waals surface area contributed by atoms with Gasteiger partial charge in [0.15, 0.2) is 4.80 Å². The number of para-hydroxylation sites is 1. The minimum Gasteiger partial charge on any atom is -0.494 e. The number of furan rings is 1. The number of ether oxygens (including phenoxy) is 2. The Morgan fingerprint density at radius 2 is 1.76 bits per heavy atom. The molecule has 1 aliphatic rings. The third-order valence-electron chi connectivity index (χ3n) is 7.36. The summed E-state index contributed by atoms with van der Waals surface area (Å²) >= 11 is 1.22. The van der Waals surface area contributed by atoms with Crippen molar-refractivity contribution in [2.75, 3.05) is 18.5 Å². The Labute approximate surface area is 268 Å². The molecule has 1 aliphatic heterocycles. The van der Waals surface area contributed by atoms with Crippen LogP contribution in [0, 0.1) is 0 Å². The van der Waals surface area contributed by atoms with Gasteiger partial charge in [-0.05, 0) is 74.9 Å². The molecule has 5 aromatic rings. The highest BCUT2D eigenvalue weighted by molar-refractivity contribution is 7.07. The first-order chi connectivity index (χ1) is 22.4. The average Bonchev–Trinajstić information content (AvgIpc) is 3.65. The number of amides is 1. The highest BCUT2D eigenvalue weighted by Crippen LogP contribution is 2.32. The van der Waals surface area contributed by atoms with Crippen molar-refractivity contribution >= 4 is 35.0 Å². The van der Waals surface area contributed by atoms with E-state index in [1.165, 1.54) is 11.3 Å². The van der Waals surface area contributed by atoms with E-state index in [4.69, 9.17) is 18.9 Å². The molecule has 1 amide bonds. The minimum atomic E-state index is -0.726. The molecule has 3 heterocycles. The van der Waals surface area contributed by atoms with Crippen LogP contribution < -0.4 is 24.9 Å². The number of fused-ring (bicyclic) bond motifs is 1. The Balaban J connectivity index is 1.40. The van der Waals surface area contributed by atoms with E-state index in [9.17, 15) is 14.4 Å². The molecule has 0 radical (unpaired) electrons. The van der Waals surface area contributed by atoms with Crippen LogP contribution in [0.4, 0.5) is 5.69 Å². The van der Waals surface area contributed by atoms with E-state index in [0.717, 1.165) is 5.56 Å². The van der Waals surface area contributed by atoms with Crippen LogP contribution in [0.2, 0.25) is 0 Å². The number of nitrogens with one attached hydrogen (secondary N) is 1. The zero-order valence-electron chi connectivity index (χ0n) is 25.5. The summed E-state index contributed by atoms with van der Waals surface area (Å²) in [5.41, 5.74) is 3.08. The molecule has 9 nitrogen and oxygen atoms in total. The molecule has 232 valence electrons. The van der Waals surface area contributed by atoms with Crippen LogP contribution in [0.1, 0.15) is 48.5 Å². The van der Waals surface area contributed by atoms with E-state index in [1.54, 1.807) is 67.0 Å². The van der Waals surface area contributed by atoms with Gasteiger partial charge in [-0.2, -0.15) is 0 Å². The first kappa shape index (κ1) is 30.5. The van der Waals surface area contributed by atoms with Crippen LogP contribution >= 0.6 is 11.3 Å². The smallest absolute Gasteiger partial charge is 0.338 e. The lowest BCUT2D eigenvalue weighted by Gasteiger charge is -2.25. The number of rotatable bonds is 9. The molecule has 2 aromatic heterocycles. The standard InChI is InChI=1S/C36H31N3O6S/c1-4-43-27-16-14-23(15-17-27)32-31(33(40)38-26-12-7-6-8-13-26)22(3)37-36-39(32)34(41)30(46-36)21-28-18-19-29(45-28)24-10-9-11-25(20-24)35(42)44-5-2/h6-21,32H,4-5H2,1-3H3,(H,38,40)/b30-21-/t32-/m0/s1. The van der Waals surface area contributed by atoms with Crippen molar-refractivity contribution in [2.45, 2.75) is 26.8 Å². The summed E-state index contributed by atoms with van der Waals surface area (Å²) < 4.78 is 18.8. The van der Waals surface area contributed by atoms with Crippen LogP contribution in [-0.4, -0.2) is 29.7 Å². The fraction of sp³-hybridized carbons (Fsp3) is 0.167. The predicted molar refractivity (Wildman–Crippen MR) is 177 cm³/mol. The Morgan fingerprint density at radius 1 is 0.978 bits per heavy atom. The SMILES string of the molecule is CCOC(=O)c1cccc(-c2ccc(/C=c3\sc4n(c3=O)[C@@H](c3ccc(OCC)cc3)C(C(=O)Nc3ccccc3)=C(C)N=4)o2)c1. The van der Waals surface area contributed by atoms with Crippen molar-refractivity contribution in [3.8, 4) is 17.1 Å². The molecule has 0 bridgehead atoms. The summed E-state index contributed by atoms with van der Waals surface area (Å²) in [6, 6.07) is 26.4. The Bertz CT molecular complexity index is 2120. The first-order valence-electron chi connectivity index (χ1n) is 14.9. The number of hydrogen-bond donors (Lipinski definition) is 1. The molecule has 0 fully saturated rings.